The van der Waals surface area contributed by atoms with Crippen LogP contribution in [0, 0.1) is 0 Å². The third-order valence-corrected chi connectivity index (χ3v) is 2.94. The number of benzene rings is 1. The molecule has 0 radical (unpaired) electrons. The molecule has 0 saturated carbocycles. The van der Waals surface area contributed by atoms with Gasteiger partial charge < -0.3 is 9.64 Å². The summed E-state index contributed by atoms with van der Waals surface area (Å²) < 4.78 is 4.55. The van der Waals surface area contributed by atoms with Crippen molar-refractivity contribution in [2.75, 3.05) is 20.7 Å². The molecule has 0 bridgehead atoms. The van der Waals surface area contributed by atoms with Crippen LogP contribution in [0.3, 0.4) is 0 Å². The fourth-order valence-corrected chi connectivity index (χ4v) is 1.78. The molecule has 2 rings (SSSR count). The fourth-order valence-electron chi connectivity index (χ4n) is 1.78. The van der Waals surface area contributed by atoms with E-state index in [0.29, 0.717) is 17.6 Å². The van der Waals surface area contributed by atoms with Crippen LogP contribution in [0.5, 0.6) is 0 Å². The predicted molar refractivity (Wildman–Crippen MR) is 73.1 cm³/mol. The van der Waals surface area contributed by atoms with Gasteiger partial charge in [0.25, 0.3) is 5.91 Å². The zero-order valence-corrected chi connectivity index (χ0v) is 11.4. The van der Waals surface area contributed by atoms with E-state index in [-0.39, 0.29) is 18.3 Å². The summed E-state index contributed by atoms with van der Waals surface area (Å²) in [6, 6.07) is 5.15. The van der Waals surface area contributed by atoms with E-state index in [2.05, 4.69) is 14.7 Å². The number of methoxy groups -OCH3 is 1. The van der Waals surface area contributed by atoms with Crippen molar-refractivity contribution < 1.29 is 14.3 Å². The number of carbonyl (C=O) groups is 2. The third-order valence-electron chi connectivity index (χ3n) is 2.94. The maximum atomic E-state index is 12.2. The SMILES string of the molecule is COC(=O)CCN(C)C(=O)c1ccc2nccnc2c1. The quantitative estimate of drug-likeness (QED) is 0.784. The van der Waals surface area contributed by atoms with Crippen LogP contribution < -0.4 is 0 Å². The van der Waals surface area contributed by atoms with Gasteiger partial charge in [0.05, 0.1) is 24.6 Å². The molecule has 0 aliphatic rings. The Morgan fingerprint density at radius 2 is 1.90 bits per heavy atom. The monoisotopic (exact) mass is 273 g/mol. The average molecular weight is 273 g/mol. The minimum Gasteiger partial charge on any atom is -0.469 e. The van der Waals surface area contributed by atoms with E-state index in [0.717, 1.165) is 5.52 Å². The second-order valence-corrected chi connectivity index (χ2v) is 4.31. The molecule has 0 unspecified atom stereocenters. The highest BCUT2D eigenvalue weighted by Gasteiger charge is 2.14. The van der Waals surface area contributed by atoms with Crippen molar-refractivity contribution in [2.24, 2.45) is 0 Å². The standard InChI is InChI=1S/C14H15N3O3/c1-17(8-5-13(18)20-2)14(19)10-3-4-11-12(9-10)16-7-6-15-11/h3-4,6-7,9H,5,8H2,1-2H3. The lowest BCUT2D eigenvalue weighted by Gasteiger charge is -2.16. The van der Waals surface area contributed by atoms with Crippen LogP contribution in [0.2, 0.25) is 0 Å². The summed E-state index contributed by atoms with van der Waals surface area (Å²) >= 11 is 0. The van der Waals surface area contributed by atoms with Gasteiger partial charge in [-0.15, -0.1) is 0 Å². The molecule has 104 valence electrons. The predicted octanol–water partition coefficient (Wildman–Crippen LogP) is 1.26. The summed E-state index contributed by atoms with van der Waals surface area (Å²) in [4.78, 5) is 33.1. The van der Waals surface area contributed by atoms with Crippen molar-refractivity contribution in [2.45, 2.75) is 6.42 Å². The van der Waals surface area contributed by atoms with Gasteiger partial charge in [-0.2, -0.15) is 0 Å². The first-order valence-electron chi connectivity index (χ1n) is 6.15. The maximum absolute atomic E-state index is 12.2. The van der Waals surface area contributed by atoms with Crippen LogP contribution in [0.1, 0.15) is 16.8 Å². The molecule has 0 N–H and O–H groups in total. The Balaban J connectivity index is 2.12. The summed E-state index contributed by atoms with van der Waals surface area (Å²) in [5.74, 6) is -0.504. The second kappa shape index (κ2) is 6.10. The molecule has 0 saturated heterocycles. The number of carbonyl (C=O) groups excluding carboxylic acids is 2. The normalized spacial score (nSPS) is 10.3. The molecule has 1 heterocycles. The van der Waals surface area contributed by atoms with Crippen LogP contribution >= 0.6 is 0 Å². The highest BCUT2D eigenvalue weighted by Crippen LogP contribution is 2.12. The summed E-state index contributed by atoms with van der Waals surface area (Å²) in [5, 5.41) is 0. The minimum absolute atomic E-state index is 0.165. The number of rotatable bonds is 4. The first kappa shape index (κ1) is 13.9. The van der Waals surface area contributed by atoms with Crippen molar-refractivity contribution in [1.29, 1.82) is 0 Å². The Hall–Kier alpha value is -2.50. The van der Waals surface area contributed by atoms with Gasteiger partial charge in [-0.3, -0.25) is 19.6 Å². The molecule has 0 aliphatic carbocycles. The lowest BCUT2D eigenvalue weighted by molar-refractivity contribution is -0.140. The Kier molecular flexibility index (Phi) is 4.24. The fraction of sp³-hybridized carbons (Fsp3) is 0.286. The number of amides is 1. The largest absolute Gasteiger partial charge is 0.469 e. The summed E-state index contributed by atoms with van der Waals surface area (Å²) in [5.41, 5.74) is 1.92. The van der Waals surface area contributed by atoms with Crippen molar-refractivity contribution >= 4 is 22.9 Å². The van der Waals surface area contributed by atoms with Gasteiger partial charge in [0.2, 0.25) is 0 Å². The highest BCUT2D eigenvalue weighted by molar-refractivity contribution is 5.97. The molecule has 1 amide bonds. The number of esters is 1. The second-order valence-electron chi connectivity index (χ2n) is 4.31. The molecule has 0 atom stereocenters. The van der Waals surface area contributed by atoms with Crippen LogP contribution in [0.15, 0.2) is 30.6 Å². The Labute approximate surface area is 116 Å². The topological polar surface area (TPSA) is 72.4 Å². The molecule has 0 fully saturated rings. The minimum atomic E-state index is -0.339. The average Bonchev–Trinajstić information content (AvgIpc) is 2.50. The van der Waals surface area contributed by atoms with Crippen LogP contribution in [0.4, 0.5) is 0 Å². The number of hydrogen-bond donors (Lipinski definition) is 0. The molecule has 1 aromatic heterocycles. The van der Waals surface area contributed by atoms with Gasteiger partial charge in [0.15, 0.2) is 0 Å². The molecule has 1 aromatic carbocycles. The first-order valence-corrected chi connectivity index (χ1v) is 6.15. The van der Waals surface area contributed by atoms with Crippen LogP contribution in [-0.4, -0.2) is 47.4 Å². The van der Waals surface area contributed by atoms with E-state index >= 15 is 0 Å². The van der Waals surface area contributed by atoms with Gasteiger partial charge in [-0.05, 0) is 18.2 Å². The summed E-state index contributed by atoms with van der Waals surface area (Å²) in [7, 11) is 2.97. The number of aromatic nitrogens is 2. The van der Waals surface area contributed by atoms with E-state index < -0.39 is 0 Å². The van der Waals surface area contributed by atoms with Crippen LogP contribution in [-0.2, 0) is 9.53 Å². The van der Waals surface area contributed by atoms with Crippen LogP contribution in [0.25, 0.3) is 11.0 Å². The van der Waals surface area contributed by atoms with E-state index in [1.54, 1.807) is 37.6 Å². The highest BCUT2D eigenvalue weighted by atomic mass is 16.5. The van der Waals surface area contributed by atoms with Crippen molar-refractivity contribution in [3.63, 3.8) is 0 Å². The maximum Gasteiger partial charge on any atom is 0.307 e. The molecule has 20 heavy (non-hydrogen) atoms. The lowest BCUT2D eigenvalue weighted by Crippen LogP contribution is -2.29. The van der Waals surface area contributed by atoms with Crippen molar-refractivity contribution in [3.8, 4) is 0 Å². The Bertz CT molecular complexity index is 642. The van der Waals surface area contributed by atoms with Gasteiger partial charge in [-0.1, -0.05) is 0 Å². The Morgan fingerprint density at radius 1 is 1.20 bits per heavy atom. The molecular weight excluding hydrogens is 258 g/mol. The van der Waals surface area contributed by atoms with Gasteiger partial charge in [0, 0.05) is 31.5 Å². The molecule has 0 spiro atoms. The summed E-state index contributed by atoms with van der Waals surface area (Å²) in [6.45, 7) is 0.310. The number of nitrogens with zero attached hydrogens (tertiary/aromatic N) is 3. The number of hydrogen-bond acceptors (Lipinski definition) is 5. The van der Waals surface area contributed by atoms with Gasteiger partial charge in [0.1, 0.15) is 0 Å². The molecule has 0 aliphatic heterocycles. The molecule has 2 aromatic rings. The number of fused-ring (bicyclic) bond motifs is 1. The summed E-state index contributed by atoms with van der Waals surface area (Å²) in [6.07, 6.45) is 3.36. The van der Waals surface area contributed by atoms with E-state index in [4.69, 9.17) is 0 Å². The van der Waals surface area contributed by atoms with Gasteiger partial charge >= 0.3 is 5.97 Å². The smallest absolute Gasteiger partial charge is 0.307 e. The van der Waals surface area contributed by atoms with Crippen molar-refractivity contribution in [3.05, 3.63) is 36.2 Å². The molecule has 6 nitrogen and oxygen atoms in total. The third kappa shape index (κ3) is 3.09. The van der Waals surface area contributed by atoms with E-state index in [1.165, 1.54) is 12.0 Å². The molecular formula is C14H15N3O3. The van der Waals surface area contributed by atoms with E-state index in [9.17, 15) is 9.59 Å². The van der Waals surface area contributed by atoms with Gasteiger partial charge in [-0.25, -0.2) is 0 Å². The number of ether oxygens (including phenoxy) is 1. The molecule has 6 heteroatoms. The Morgan fingerprint density at radius 3 is 2.60 bits per heavy atom. The van der Waals surface area contributed by atoms with E-state index in [1.807, 2.05) is 0 Å². The zero-order valence-electron chi connectivity index (χ0n) is 11.4. The zero-order chi connectivity index (χ0) is 14.5. The van der Waals surface area contributed by atoms with Crippen molar-refractivity contribution in [1.82, 2.24) is 14.9 Å². The first-order chi connectivity index (χ1) is 9.61. The lowest BCUT2D eigenvalue weighted by atomic mass is 10.1.